The first kappa shape index (κ1) is 14.2. The lowest BCUT2D eigenvalue weighted by Crippen LogP contribution is -2.33. The molecule has 0 spiro atoms. The lowest BCUT2D eigenvalue weighted by molar-refractivity contribution is 0.172. The van der Waals surface area contributed by atoms with E-state index in [9.17, 15) is 0 Å². The highest BCUT2D eigenvalue weighted by Gasteiger charge is 2.22. The van der Waals surface area contributed by atoms with Crippen LogP contribution in [-0.2, 0) is 13.1 Å². The molecule has 1 saturated heterocycles. The van der Waals surface area contributed by atoms with Gasteiger partial charge in [-0.1, -0.05) is 19.8 Å². The topological polar surface area (TPSA) is 28.4 Å². The van der Waals surface area contributed by atoms with E-state index >= 15 is 0 Å². The largest absolute Gasteiger partial charge is 0.468 e. The van der Waals surface area contributed by atoms with E-state index in [0.717, 1.165) is 30.9 Å². The van der Waals surface area contributed by atoms with Crippen molar-refractivity contribution >= 4 is 0 Å². The van der Waals surface area contributed by atoms with Gasteiger partial charge in [-0.3, -0.25) is 4.90 Å². The normalized spacial score (nSPS) is 24.8. The van der Waals surface area contributed by atoms with E-state index in [1.54, 1.807) is 0 Å². The molecule has 0 aromatic carbocycles. The fourth-order valence-corrected chi connectivity index (χ4v) is 3.26. The highest BCUT2D eigenvalue weighted by molar-refractivity contribution is 5.13. The molecule has 1 aromatic heterocycles. The summed E-state index contributed by atoms with van der Waals surface area (Å²) in [7, 11) is 0. The summed E-state index contributed by atoms with van der Waals surface area (Å²) in [6, 6.07) is 3.76. The van der Waals surface area contributed by atoms with Crippen LogP contribution in [-0.4, -0.2) is 23.5 Å². The van der Waals surface area contributed by atoms with Crippen molar-refractivity contribution in [3.63, 3.8) is 0 Å². The second-order valence-electron chi connectivity index (χ2n) is 6.46. The van der Waals surface area contributed by atoms with E-state index in [4.69, 9.17) is 4.42 Å². The highest BCUT2D eigenvalue weighted by Crippen LogP contribution is 2.23. The Labute approximate surface area is 122 Å². The summed E-state index contributed by atoms with van der Waals surface area (Å²) >= 11 is 0. The molecule has 1 saturated carbocycles. The molecule has 2 fully saturated rings. The van der Waals surface area contributed by atoms with Crippen LogP contribution in [0.5, 0.6) is 0 Å². The lowest BCUT2D eigenvalue weighted by atomic mass is 10.1. The maximum atomic E-state index is 5.77. The molecule has 1 atom stereocenters. The molecule has 0 radical (unpaired) electrons. The average molecular weight is 276 g/mol. The Kier molecular flexibility index (Phi) is 4.79. The number of nitrogens with zero attached hydrogens (tertiary/aromatic N) is 1. The van der Waals surface area contributed by atoms with Crippen LogP contribution in [0.4, 0.5) is 0 Å². The molecule has 0 bridgehead atoms. The third-order valence-electron chi connectivity index (χ3n) is 4.71. The van der Waals surface area contributed by atoms with Crippen molar-refractivity contribution < 1.29 is 4.42 Å². The summed E-state index contributed by atoms with van der Waals surface area (Å²) in [5.41, 5.74) is 1.30. The second-order valence-corrected chi connectivity index (χ2v) is 6.46. The van der Waals surface area contributed by atoms with Gasteiger partial charge in [-0.2, -0.15) is 0 Å². The summed E-state index contributed by atoms with van der Waals surface area (Å²) in [6.45, 7) is 5.50. The van der Waals surface area contributed by atoms with E-state index in [1.807, 2.05) is 6.26 Å². The summed E-state index contributed by atoms with van der Waals surface area (Å²) in [5.74, 6) is 1.14. The van der Waals surface area contributed by atoms with E-state index in [0.29, 0.717) is 0 Å². The Morgan fingerprint density at radius 2 is 2.15 bits per heavy atom. The molecule has 0 amide bonds. The van der Waals surface area contributed by atoms with Gasteiger partial charge in [0.25, 0.3) is 0 Å². The fourth-order valence-electron chi connectivity index (χ4n) is 3.26. The van der Waals surface area contributed by atoms with Crippen LogP contribution in [0.1, 0.15) is 63.2 Å². The quantitative estimate of drug-likeness (QED) is 0.859. The monoisotopic (exact) mass is 276 g/mol. The Bertz CT molecular complexity index is 411. The van der Waals surface area contributed by atoms with Gasteiger partial charge < -0.3 is 9.73 Å². The molecule has 1 aromatic rings. The molecule has 1 unspecified atom stereocenters. The van der Waals surface area contributed by atoms with Gasteiger partial charge in [0.05, 0.1) is 12.8 Å². The van der Waals surface area contributed by atoms with E-state index < -0.39 is 0 Å². The maximum absolute atomic E-state index is 5.77. The Morgan fingerprint density at radius 3 is 2.95 bits per heavy atom. The minimum atomic E-state index is 0.746. The van der Waals surface area contributed by atoms with Crippen LogP contribution in [0, 0.1) is 0 Å². The third-order valence-corrected chi connectivity index (χ3v) is 4.71. The van der Waals surface area contributed by atoms with Crippen molar-refractivity contribution in [2.45, 2.75) is 77.0 Å². The van der Waals surface area contributed by atoms with E-state index in [2.05, 4.69) is 23.2 Å². The summed E-state index contributed by atoms with van der Waals surface area (Å²) in [4.78, 5) is 2.63. The first-order valence-electron chi connectivity index (χ1n) is 8.39. The van der Waals surface area contributed by atoms with Crippen molar-refractivity contribution in [2.24, 2.45) is 0 Å². The standard InChI is InChI=1S/C17H28N2O/c1-2-16-6-4-3-5-9-19(16)12-17-10-14(13-20-17)11-18-15-7-8-15/h10,13,15-16,18H,2-9,11-12H2,1H3. The molecule has 112 valence electrons. The molecule has 3 rings (SSSR count). The summed E-state index contributed by atoms with van der Waals surface area (Å²) < 4.78 is 5.77. The first-order chi connectivity index (χ1) is 9.85. The second kappa shape index (κ2) is 6.77. The van der Waals surface area contributed by atoms with Gasteiger partial charge in [-0.25, -0.2) is 0 Å². The smallest absolute Gasteiger partial charge is 0.118 e. The molecule has 2 heterocycles. The van der Waals surface area contributed by atoms with Crippen LogP contribution in [0.25, 0.3) is 0 Å². The number of hydrogen-bond acceptors (Lipinski definition) is 3. The average Bonchev–Trinajstić information content (AvgIpc) is 3.22. The van der Waals surface area contributed by atoms with Crippen LogP contribution >= 0.6 is 0 Å². The molecule has 1 aliphatic carbocycles. The molecular weight excluding hydrogens is 248 g/mol. The van der Waals surface area contributed by atoms with Gasteiger partial charge in [0.1, 0.15) is 5.76 Å². The minimum Gasteiger partial charge on any atom is -0.468 e. The van der Waals surface area contributed by atoms with Crippen molar-refractivity contribution in [1.82, 2.24) is 10.2 Å². The molecule has 1 aliphatic heterocycles. The number of likely N-dealkylation sites (tertiary alicyclic amines) is 1. The van der Waals surface area contributed by atoms with Crippen molar-refractivity contribution in [3.8, 4) is 0 Å². The Morgan fingerprint density at radius 1 is 1.25 bits per heavy atom. The molecular formula is C17H28N2O. The van der Waals surface area contributed by atoms with Crippen LogP contribution in [0.15, 0.2) is 16.7 Å². The molecule has 1 N–H and O–H groups in total. The van der Waals surface area contributed by atoms with Gasteiger partial charge in [-0.05, 0) is 44.7 Å². The van der Waals surface area contributed by atoms with E-state index in [-0.39, 0.29) is 0 Å². The molecule has 3 heteroatoms. The summed E-state index contributed by atoms with van der Waals surface area (Å²) in [6.07, 6.45) is 11.4. The van der Waals surface area contributed by atoms with E-state index in [1.165, 1.54) is 57.1 Å². The zero-order valence-corrected chi connectivity index (χ0v) is 12.7. The first-order valence-corrected chi connectivity index (χ1v) is 8.39. The molecule has 3 nitrogen and oxygen atoms in total. The van der Waals surface area contributed by atoms with Gasteiger partial charge in [0, 0.05) is 24.2 Å². The Balaban J connectivity index is 1.54. The van der Waals surface area contributed by atoms with Crippen molar-refractivity contribution in [1.29, 1.82) is 0 Å². The zero-order chi connectivity index (χ0) is 13.8. The Hall–Kier alpha value is -0.800. The predicted molar refractivity (Wildman–Crippen MR) is 81.5 cm³/mol. The SMILES string of the molecule is CCC1CCCCCN1Cc1cc(CNC2CC2)co1. The number of furan rings is 1. The predicted octanol–water partition coefficient (Wildman–Crippen LogP) is 3.69. The fraction of sp³-hybridized carbons (Fsp3) is 0.765. The van der Waals surface area contributed by atoms with Crippen LogP contribution < -0.4 is 5.32 Å². The number of rotatable bonds is 6. The lowest BCUT2D eigenvalue weighted by Gasteiger charge is -2.28. The van der Waals surface area contributed by atoms with Gasteiger partial charge in [0.15, 0.2) is 0 Å². The van der Waals surface area contributed by atoms with Crippen molar-refractivity contribution in [2.75, 3.05) is 6.54 Å². The highest BCUT2D eigenvalue weighted by atomic mass is 16.3. The van der Waals surface area contributed by atoms with Gasteiger partial charge >= 0.3 is 0 Å². The minimum absolute atomic E-state index is 0.746. The van der Waals surface area contributed by atoms with Gasteiger partial charge in [0.2, 0.25) is 0 Å². The molecule has 2 aliphatic rings. The van der Waals surface area contributed by atoms with Crippen LogP contribution in [0.2, 0.25) is 0 Å². The third kappa shape index (κ3) is 3.86. The number of hydrogen-bond donors (Lipinski definition) is 1. The molecule has 20 heavy (non-hydrogen) atoms. The van der Waals surface area contributed by atoms with Crippen LogP contribution in [0.3, 0.4) is 0 Å². The van der Waals surface area contributed by atoms with Gasteiger partial charge in [-0.15, -0.1) is 0 Å². The number of nitrogens with one attached hydrogen (secondary N) is 1. The summed E-state index contributed by atoms with van der Waals surface area (Å²) in [5, 5.41) is 3.55. The zero-order valence-electron chi connectivity index (χ0n) is 12.7. The maximum Gasteiger partial charge on any atom is 0.118 e. The van der Waals surface area contributed by atoms with Crippen molar-refractivity contribution in [3.05, 3.63) is 23.7 Å².